The summed E-state index contributed by atoms with van der Waals surface area (Å²) in [5.41, 5.74) is 23.4. The lowest BCUT2D eigenvalue weighted by molar-refractivity contribution is 1.18. The topological polar surface area (TPSA) is 91.0 Å². The van der Waals surface area contributed by atoms with Gasteiger partial charge in [-0.1, -0.05) is 303 Å². The molecule has 22 rings (SSSR count). The summed E-state index contributed by atoms with van der Waals surface area (Å²) in [6.45, 7) is 16.8. The minimum atomic E-state index is 0.442. The highest BCUT2D eigenvalue weighted by Gasteiger charge is 2.25. The molecule has 5 heterocycles. The smallest absolute Gasteiger partial charge is 0.215 e. The van der Waals surface area contributed by atoms with Gasteiger partial charge in [-0.05, 0) is 121 Å². The molecule has 0 radical (unpaired) electrons. The van der Waals surface area contributed by atoms with Gasteiger partial charge in [0.25, 0.3) is 0 Å². The zero-order valence-electron chi connectivity index (χ0n) is 60.7. The standard InChI is InChI=1S/C52H31N5.C52H30N4/c1-53-44-32-42-47(52-51(44)55-49(34-15-4-2-5-16-34)50(56-52)35-17-6-3-7-18-35)41-23-8-11-24-43(41)54-48(42)37-20-14-19-36(31-37)33-27-29-38(30-28-33)57-45-25-12-9-21-39(45)40-22-10-13-26-46(40)57;1-53-46-31-44-47(52-51(46)55-49(32-15-4-2-5-16-32)50(56-52)33-17-6-3-7-18-33)42-25-12-13-26-45(42)54-48(44)36-20-14-19-34(29-36)35-27-28-41-39-23-9-8-21-37(39)38-22-10-11-24-40(38)43(41)30-35/h2-32H;2-31H. The fourth-order valence-electron chi connectivity index (χ4n) is 16.8. The van der Waals surface area contributed by atoms with Crippen LogP contribution in [0.25, 0.3) is 225 Å². The number of hydrogen-bond donors (Lipinski definition) is 0. The second-order valence-corrected chi connectivity index (χ2v) is 28.4. The van der Waals surface area contributed by atoms with E-state index in [1.54, 1.807) is 0 Å². The number of rotatable bonds is 9. The van der Waals surface area contributed by atoms with Crippen LogP contribution in [0, 0.1) is 13.1 Å². The second kappa shape index (κ2) is 27.2. The van der Waals surface area contributed by atoms with Crippen LogP contribution in [0.4, 0.5) is 11.4 Å². The summed E-state index contributed by atoms with van der Waals surface area (Å²) in [5.74, 6) is 0. The molecule has 0 amide bonds. The predicted octanol–water partition coefficient (Wildman–Crippen LogP) is 27.7. The van der Waals surface area contributed by atoms with Crippen molar-refractivity contribution < 1.29 is 0 Å². The first-order chi connectivity index (χ1) is 56.0. The average Bonchev–Trinajstić information content (AvgIpc) is 1.13. The van der Waals surface area contributed by atoms with Crippen molar-refractivity contribution in [1.29, 1.82) is 0 Å². The molecular formula is C104H61N9. The number of aromatic nitrogens is 7. The Kier molecular flexibility index (Phi) is 15.8. The molecule has 22 aromatic rings. The van der Waals surface area contributed by atoms with Crippen LogP contribution in [0.15, 0.2) is 370 Å². The van der Waals surface area contributed by atoms with Gasteiger partial charge >= 0.3 is 0 Å². The van der Waals surface area contributed by atoms with Gasteiger partial charge in [-0.25, -0.2) is 29.6 Å². The van der Waals surface area contributed by atoms with E-state index >= 15 is 0 Å². The molecule has 0 bridgehead atoms. The molecule has 0 unspecified atom stereocenters. The van der Waals surface area contributed by atoms with E-state index < -0.39 is 0 Å². The normalized spacial score (nSPS) is 11.5. The summed E-state index contributed by atoms with van der Waals surface area (Å²) in [6, 6.07) is 128. The summed E-state index contributed by atoms with van der Waals surface area (Å²) in [5, 5.41) is 15.5. The van der Waals surface area contributed by atoms with Crippen molar-refractivity contribution in [3.63, 3.8) is 0 Å². The summed E-state index contributed by atoms with van der Waals surface area (Å²) >= 11 is 0. The Balaban J connectivity index is 0.000000142. The molecule has 0 saturated heterocycles. The predicted molar refractivity (Wildman–Crippen MR) is 468 cm³/mol. The Bertz CT molecular complexity index is 7650. The number of benzene rings is 17. The van der Waals surface area contributed by atoms with E-state index in [0.717, 1.165) is 139 Å². The second-order valence-electron chi connectivity index (χ2n) is 28.4. The Morgan fingerprint density at radius 1 is 0.195 bits per heavy atom. The van der Waals surface area contributed by atoms with Gasteiger partial charge in [-0.3, -0.25) is 9.97 Å². The maximum atomic E-state index is 8.39. The third-order valence-corrected chi connectivity index (χ3v) is 22.0. The van der Waals surface area contributed by atoms with Crippen molar-refractivity contribution in [3.8, 4) is 95.5 Å². The van der Waals surface area contributed by atoms with Crippen LogP contribution < -0.4 is 0 Å². The summed E-state index contributed by atoms with van der Waals surface area (Å²) in [4.78, 5) is 40.1. The van der Waals surface area contributed by atoms with Gasteiger partial charge in [0.1, 0.15) is 0 Å². The fraction of sp³-hybridized carbons (Fsp3) is 0. The average molecular weight is 1440 g/mol. The Hall–Kier alpha value is -15.7. The van der Waals surface area contributed by atoms with Gasteiger partial charge in [0.2, 0.25) is 11.4 Å². The van der Waals surface area contributed by atoms with Crippen LogP contribution in [0.3, 0.4) is 0 Å². The third-order valence-electron chi connectivity index (χ3n) is 22.0. The summed E-state index contributed by atoms with van der Waals surface area (Å²) in [7, 11) is 0. The first-order valence-corrected chi connectivity index (χ1v) is 37.7. The quantitative estimate of drug-likeness (QED) is 0.106. The van der Waals surface area contributed by atoms with E-state index in [0.29, 0.717) is 33.4 Å². The fourth-order valence-corrected chi connectivity index (χ4v) is 16.8. The lowest BCUT2D eigenvalue weighted by atomic mass is 9.91. The monoisotopic (exact) mass is 1440 g/mol. The highest BCUT2D eigenvalue weighted by atomic mass is 15.0. The molecule has 0 fully saturated rings. The largest absolute Gasteiger partial charge is 0.309 e. The van der Waals surface area contributed by atoms with Crippen LogP contribution in [-0.4, -0.2) is 34.5 Å². The van der Waals surface area contributed by atoms with Crippen molar-refractivity contribution in [2.75, 3.05) is 0 Å². The van der Waals surface area contributed by atoms with E-state index in [1.807, 2.05) is 140 Å². The van der Waals surface area contributed by atoms with Gasteiger partial charge in [0.15, 0.2) is 0 Å². The highest BCUT2D eigenvalue weighted by Crippen LogP contribution is 2.47. The lowest BCUT2D eigenvalue weighted by Crippen LogP contribution is -1.98. The molecule has 0 spiro atoms. The van der Waals surface area contributed by atoms with Crippen molar-refractivity contribution >= 4 is 131 Å². The van der Waals surface area contributed by atoms with Crippen LogP contribution in [0.5, 0.6) is 0 Å². The maximum Gasteiger partial charge on any atom is 0.215 e. The molecule has 0 aliphatic rings. The third kappa shape index (κ3) is 11.1. The van der Waals surface area contributed by atoms with Crippen molar-refractivity contribution in [2.45, 2.75) is 0 Å². The van der Waals surface area contributed by atoms with Gasteiger partial charge in [0.05, 0.1) is 91.4 Å². The molecule has 0 N–H and O–H groups in total. The minimum Gasteiger partial charge on any atom is -0.309 e. The number of fused-ring (bicyclic) bond motifs is 19. The minimum absolute atomic E-state index is 0.442. The molecular weight excluding hydrogens is 1380 g/mol. The Morgan fingerprint density at radius 2 is 0.504 bits per heavy atom. The number of hydrogen-bond acceptors (Lipinski definition) is 6. The molecule has 113 heavy (non-hydrogen) atoms. The molecule has 0 aliphatic carbocycles. The zero-order valence-corrected chi connectivity index (χ0v) is 60.7. The summed E-state index contributed by atoms with van der Waals surface area (Å²) in [6.07, 6.45) is 0. The van der Waals surface area contributed by atoms with E-state index in [9.17, 15) is 0 Å². The van der Waals surface area contributed by atoms with Crippen LogP contribution >= 0.6 is 0 Å². The van der Waals surface area contributed by atoms with Gasteiger partial charge in [-0.2, -0.15) is 0 Å². The first-order valence-electron chi connectivity index (χ1n) is 37.7. The van der Waals surface area contributed by atoms with Gasteiger partial charge in [-0.15, -0.1) is 0 Å². The Morgan fingerprint density at radius 3 is 0.920 bits per heavy atom. The molecule has 522 valence electrons. The SMILES string of the molecule is [C-]#[N+]c1cc2c(-c3cccc(-c4ccc(-n5c6ccccc6c6ccccc65)cc4)c3)nc3ccccc3c2c2nc(-c3ccccc3)c(-c3ccccc3)nc12.[C-]#[N+]c1cc2c(-c3cccc(-c4ccc5c6ccccc6c6ccccc6c5c4)c3)nc3ccccc3c2c2nc(-c3ccccc3)c(-c3ccccc3)nc12. The maximum absolute atomic E-state index is 8.39. The molecule has 0 saturated carbocycles. The van der Waals surface area contributed by atoms with Crippen molar-refractivity contribution in [1.82, 2.24) is 34.5 Å². The molecule has 0 aliphatic heterocycles. The highest BCUT2D eigenvalue weighted by molar-refractivity contribution is 6.28. The van der Waals surface area contributed by atoms with Crippen LogP contribution in [0.1, 0.15) is 0 Å². The van der Waals surface area contributed by atoms with E-state index in [-0.39, 0.29) is 0 Å². The lowest BCUT2D eigenvalue weighted by Gasteiger charge is -2.16. The molecule has 0 atom stereocenters. The van der Waals surface area contributed by atoms with E-state index in [4.69, 9.17) is 43.0 Å². The molecule has 5 aromatic heterocycles. The van der Waals surface area contributed by atoms with Gasteiger partial charge < -0.3 is 4.57 Å². The molecule has 9 heteroatoms. The number of nitrogens with zero attached hydrogens (tertiary/aromatic N) is 9. The first kappa shape index (κ1) is 65.6. The van der Waals surface area contributed by atoms with Crippen molar-refractivity contribution in [3.05, 3.63) is 393 Å². The van der Waals surface area contributed by atoms with E-state index in [2.05, 4.69) is 245 Å². The van der Waals surface area contributed by atoms with Crippen molar-refractivity contribution in [2.24, 2.45) is 0 Å². The molecule has 17 aromatic carbocycles. The summed E-state index contributed by atoms with van der Waals surface area (Å²) < 4.78 is 2.34. The van der Waals surface area contributed by atoms with E-state index in [1.165, 1.54) is 54.1 Å². The Labute approximate surface area is 649 Å². The van der Waals surface area contributed by atoms with Crippen LogP contribution in [0.2, 0.25) is 0 Å². The van der Waals surface area contributed by atoms with Gasteiger partial charge in [0, 0.05) is 82.2 Å². The number of pyridine rings is 2. The van der Waals surface area contributed by atoms with Crippen LogP contribution in [-0.2, 0) is 0 Å². The number of para-hydroxylation sites is 4. The zero-order chi connectivity index (χ0) is 75.0. The molecule has 9 nitrogen and oxygen atoms in total.